The lowest BCUT2D eigenvalue weighted by Crippen LogP contribution is -2.39. The molecule has 8 nitrogen and oxygen atoms in total. The van der Waals surface area contributed by atoms with E-state index in [9.17, 15) is 9.59 Å². The fraction of sp³-hybridized carbons (Fsp3) is 0.364. The smallest absolute Gasteiger partial charge is 0.325 e. The third-order valence-corrected chi connectivity index (χ3v) is 6.18. The highest BCUT2D eigenvalue weighted by Crippen LogP contribution is 2.40. The molecule has 0 radical (unpaired) electrons. The lowest BCUT2D eigenvalue weighted by atomic mass is 10.1. The van der Waals surface area contributed by atoms with Crippen molar-refractivity contribution in [1.29, 1.82) is 0 Å². The highest BCUT2D eigenvalue weighted by atomic mass is 32.2. The molecule has 9 heteroatoms. The van der Waals surface area contributed by atoms with Gasteiger partial charge in [-0.15, -0.1) is 10.2 Å². The highest BCUT2D eigenvalue weighted by Gasteiger charge is 2.31. The zero-order valence-corrected chi connectivity index (χ0v) is 18.5. The van der Waals surface area contributed by atoms with Gasteiger partial charge in [0, 0.05) is 11.6 Å². The van der Waals surface area contributed by atoms with Crippen LogP contribution in [0.1, 0.15) is 48.4 Å². The van der Waals surface area contributed by atoms with Crippen molar-refractivity contribution in [2.24, 2.45) is 0 Å². The summed E-state index contributed by atoms with van der Waals surface area (Å²) in [6.07, 6.45) is 3.82. The SMILES string of the molecule is Cc1ccc(NC(=O)NC(=O)C(C)Sc2nnc(C3CC3)n2Cc2ccco2)c(C)c1. The number of thioether (sulfide) groups is 1. The summed E-state index contributed by atoms with van der Waals surface area (Å²) in [5.74, 6) is 1.73. The van der Waals surface area contributed by atoms with Gasteiger partial charge in [-0.1, -0.05) is 29.5 Å². The van der Waals surface area contributed by atoms with E-state index >= 15 is 0 Å². The van der Waals surface area contributed by atoms with Crippen LogP contribution in [-0.4, -0.2) is 32.0 Å². The number of hydrogen-bond acceptors (Lipinski definition) is 6. The second-order valence-corrected chi connectivity index (χ2v) is 9.11. The number of nitrogens with one attached hydrogen (secondary N) is 2. The van der Waals surface area contributed by atoms with Crippen LogP contribution in [-0.2, 0) is 11.3 Å². The van der Waals surface area contributed by atoms with Crippen molar-refractivity contribution in [3.05, 3.63) is 59.3 Å². The fourth-order valence-corrected chi connectivity index (χ4v) is 4.13. The number of nitrogens with zero attached hydrogens (tertiary/aromatic N) is 3. The maximum atomic E-state index is 12.6. The van der Waals surface area contributed by atoms with Crippen LogP contribution >= 0.6 is 11.8 Å². The molecule has 0 spiro atoms. The van der Waals surface area contributed by atoms with Gasteiger partial charge in [0.1, 0.15) is 11.6 Å². The number of imide groups is 1. The number of aromatic nitrogens is 3. The van der Waals surface area contributed by atoms with E-state index in [0.29, 0.717) is 23.3 Å². The maximum Gasteiger partial charge on any atom is 0.325 e. The third kappa shape index (κ3) is 5.16. The van der Waals surface area contributed by atoms with Crippen LogP contribution in [0.5, 0.6) is 0 Å². The van der Waals surface area contributed by atoms with E-state index in [4.69, 9.17) is 4.42 Å². The molecular formula is C22H25N5O3S. The molecule has 2 aromatic heterocycles. The van der Waals surface area contributed by atoms with Crippen molar-refractivity contribution < 1.29 is 14.0 Å². The minimum Gasteiger partial charge on any atom is -0.467 e. The number of hydrogen-bond donors (Lipinski definition) is 2. The first kappa shape index (κ1) is 21.2. The van der Waals surface area contributed by atoms with Crippen molar-refractivity contribution in [3.8, 4) is 0 Å². The van der Waals surface area contributed by atoms with Gasteiger partial charge >= 0.3 is 6.03 Å². The largest absolute Gasteiger partial charge is 0.467 e. The first-order valence-electron chi connectivity index (χ1n) is 10.2. The molecule has 0 aliphatic heterocycles. The summed E-state index contributed by atoms with van der Waals surface area (Å²) in [7, 11) is 0. The normalized spacial score (nSPS) is 14.3. The third-order valence-electron chi connectivity index (χ3n) is 5.10. The first-order chi connectivity index (χ1) is 14.9. The van der Waals surface area contributed by atoms with Crippen LogP contribution in [0.3, 0.4) is 0 Å². The standard InChI is InChI=1S/C22H25N5O3S/c1-13-6-9-18(14(2)11-13)23-21(29)24-20(28)15(3)31-22-26-25-19(16-7-8-16)27(22)12-17-5-4-10-30-17/h4-6,9-11,15-16H,7-8,12H2,1-3H3,(H2,23,24,28,29). The van der Waals surface area contributed by atoms with Gasteiger partial charge in [-0.3, -0.25) is 14.7 Å². The predicted molar refractivity (Wildman–Crippen MR) is 118 cm³/mol. The van der Waals surface area contributed by atoms with Crippen LogP contribution in [0.2, 0.25) is 0 Å². The molecule has 0 saturated heterocycles. The molecule has 2 heterocycles. The Morgan fingerprint density at radius 1 is 1.26 bits per heavy atom. The van der Waals surface area contributed by atoms with E-state index in [1.807, 2.05) is 48.7 Å². The summed E-state index contributed by atoms with van der Waals surface area (Å²) in [4.78, 5) is 24.9. The Kier molecular flexibility index (Phi) is 6.13. The Hall–Kier alpha value is -3.07. The molecular weight excluding hydrogens is 414 g/mol. The summed E-state index contributed by atoms with van der Waals surface area (Å²) in [5, 5.41) is 13.9. The van der Waals surface area contributed by atoms with E-state index in [-0.39, 0.29) is 0 Å². The minimum absolute atomic E-state index is 0.396. The maximum absolute atomic E-state index is 12.6. The predicted octanol–water partition coefficient (Wildman–Crippen LogP) is 4.24. The molecule has 1 aromatic carbocycles. The summed E-state index contributed by atoms with van der Waals surface area (Å²) >= 11 is 1.28. The zero-order valence-electron chi connectivity index (χ0n) is 17.7. The van der Waals surface area contributed by atoms with Crippen LogP contribution in [0.4, 0.5) is 10.5 Å². The Bertz CT molecular complexity index is 1090. The summed E-state index contributed by atoms with van der Waals surface area (Å²) < 4.78 is 7.48. The Balaban J connectivity index is 1.40. The quantitative estimate of drug-likeness (QED) is 0.534. The Morgan fingerprint density at radius 3 is 2.74 bits per heavy atom. The number of rotatable bonds is 7. The Labute approximate surface area is 184 Å². The van der Waals surface area contributed by atoms with Gasteiger partial charge < -0.3 is 9.73 Å². The van der Waals surface area contributed by atoms with E-state index in [1.54, 1.807) is 13.2 Å². The van der Waals surface area contributed by atoms with Crippen LogP contribution in [0.15, 0.2) is 46.2 Å². The number of anilines is 1. The number of aryl methyl sites for hydroxylation is 2. The Morgan fingerprint density at radius 2 is 2.06 bits per heavy atom. The molecule has 162 valence electrons. The van der Waals surface area contributed by atoms with Crippen LogP contribution in [0.25, 0.3) is 0 Å². The number of carbonyl (C=O) groups excluding carboxylic acids is 2. The molecule has 1 atom stereocenters. The van der Waals surface area contributed by atoms with Crippen molar-refractivity contribution in [2.75, 3.05) is 5.32 Å². The van der Waals surface area contributed by atoms with E-state index in [2.05, 4.69) is 20.8 Å². The molecule has 1 aliphatic rings. The molecule has 1 unspecified atom stereocenters. The van der Waals surface area contributed by atoms with Crippen molar-refractivity contribution in [2.45, 2.75) is 56.5 Å². The van der Waals surface area contributed by atoms with Gasteiger partial charge in [0.2, 0.25) is 5.91 Å². The van der Waals surface area contributed by atoms with Gasteiger partial charge in [0.25, 0.3) is 0 Å². The molecule has 1 fully saturated rings. The molecule has 2 N–H and O–H groups in total. The average Bonchev–Trinajstić information content (AvgIpc) is 3.29. The van der Waals surface area contributed by atoms with Gasteiger partial charge in [-0.25, -0.2) is 4.79 Å². The molecule has 3 aromatic rings. The van der Waals surface area contributed by atoms with Crippen molar-refractivity contribution >= 4 is 29.4 Å². The molecule has 0 bridgehead atoms. The second-order valence-electron chi connectivity index (χ2n) is 7.80. The molecule has 1 aliphatic carbocycles. The van der Waals surface area contributed by atoms with Crippen molar-refractivity contribution in [1.82, 2.24) is 20.1 Å². The lowest BCUT2D eigenvalue weighted by Gasteiger charge is -2.14. The summed E-state index contributed by atoms with van der Waals surface area (Å²) in [6.45, 7) is 6.15. The average molecular weight is 440 g/mol. The molecule has 1 saturated carbocycles. The second kappa shape index (κ2) is 8.97. The zero-order chi connectivity index (χ0) is 22.0. The number of carbonyl (C=O) groups is 2. The van der Waals surface area contributed by atoms with Crippen LogP contribution in [0, 0.1) is 13.8 Å². The molecule has 3 amide bonds. The number of benzene rings is 1. The van der Waals surface area contributed by atoms with Gasteiger partial charge in [0.15, 0.2) is 5.16 Å². The van der Waals surface area contributed by atoms with Crippen LogP contribution < -0.4 is 10.6 Å². The molecule has 4 rings (SSSR count). The number of amides is 3. The van der Waals surface area contributed by atoms with Gasteiger partial charge in [0.05, 0.1) is 18.1 Å². The molecule has 31 heavy (non-hydrogen) atoms. The van der Waals surface area contributed by atoms with Gasteiger partial charge in [-0.05, 0) is 57.4 Å². The van der Waals surface area contributed by atoms with E-state index < -0.39 is 17.2 Å². The topological polar surface area (TPSA) is 102 Å². The van der Waals surface area contributed by atoms with Crippen molar-refractivity contribution in [3.63, 3.8) is 0 Å². The fourth-order valence-electron chi connectivity index (χ4n) is 3.27. The first-order valence-corrected chi connectivity index (χ1v) is 11.1. The summed E-state index contributed by atoms with van der Waals surface area (Å²) in [5.41, 5.74) is 2.71. The number of furan rings is 1. The summed E-state index contributed by atoms with van der Waals surface area (Å²) in [6, 6.07) is 8.89. The monoisotopic (exact) mass is 439 g/mol. The van der Waals surface area contributed by atoms with Gasteiger partial charge in [-0.2, -0.15) is 0 Å². The number of urea groups is 1. The highest BCUT2D eigenvalue weighted by molar-refractivity contribution is 8.00. The van der Waals surface area contributed by atoms with E-state index in [0.717, 1.165) is 35.6 Å². The minimum atomic E-state index is -0.555. The van der Waals surface area contributed by atoms with E-state index in [1.165, 1.54) is 11.8 Å². The lowest BCUT2D eigenvalue weighted by molar-refractivity contribution is -0.119.